The van der Waals surface area contributed by atoms with Crippen molar-refractivity contribution in [2.75, 3.05) is 13.2 Å². The summed E-state index contributed by atoms with van der Waals surface area (Å²) in [7, 11) is 0. The van der Waals surface area contributed by atoms with Crippen LogP contribution in [0.15, 0.2) is 41.8 Å². The molecule has 19 nitrogen and oxygen atoms in total. The van der Waals surface area contributed by atoms with E-state index in [2.05, 4.69) is 30.0 Å². The molecule has 0 aromatic carbocycles. The van der Waals surface area contributed by atoms with Crippen LogP contribution < -0.4 is 22.5 Å². The molecule has 2 N–H and O–H groups in total. The molecule has 40 heavy (non-hydrogen) atoms. The van der Waals surface area contributed by atoms with Crippen LogP contribution in [0.25, 0.3) is 20.9 Å². The van der Waals surface area contributed by atoms with Crippen LogP contribution in [-0.2, 0) is 18.9 Å². The quantitative estimate of drug-likeness (QED) is 0.200. The number of nitrogens with zero attached hydrogens (tertiary/aromatic N) is 8. The molecule has 4 heterocycles. The summed E-state index contributed by atoms with van der Waals surface area (Å²) in [6, 6.07) is -1.59. The third kappa shape index (κ3) is 6.08. The SMILES string of the molecule is Cc1cn([C@H]2CC(N=[N+]=[N-])[C@@H](COC(=O)OC[C@H]3O[C@@H](n4cc(C)c(=O)[nH]c4=O)CC3N=[N+]=[N-])O2)c(=O)[nH]c1=O. The van der Waals surface area contributed by atoms with Crippen molar-refractivity contribution in [1.82, 2.24) is 19.1 Å². The maximum Gasteiger partial charge on any atom is 0.508 e. The highest BCUT2D eigenvalue weighted by Crippen LogP contribution is 2.32. The van der Waals surface area contributed by atoms with Gasteiger partial charge in [-0.25, -0.2) is 14.4 Å². The molecule has 4 rings (SSSR count). The molecule has 6 atom stereocenters. The van der Waals surface area contributed by atoms with Crippen LogP contribution in [0.5, 0.6) is 0 Å². The van der Waals surface area contributed by atoms with Crippen LogP contribution >= 0.6 is 0 Å². The number of carbonyl (C=O) groups is 1. The molecule has 0 spiro atoms. The van der Waals surface area contributed by atoms with Gasteiger partial charge in [-0.15, -0.1) is 0 Å². The second-order valence-electron chi connectivity index (χ2n) is 9.10. The molecule has 0 bridgehead atoms. The number of rotatable bonds is 8. The lowest BCUT2D eigenvalue weighted by Crippen LogP contribution is -2.34. The van der Waals surface area contributed by atoms with Gasteiger partial charge in [-0.1, -0.05) is 10.2 Å². The van der Waals surface area contributed by atoms with Crippen LogP contribution in [0, 0.1) is 13.8 Å². The first-order valence-corrected chi connectivity index (χ1v) is 11.9. The average molecular weight is 560 g/mol. The number of H-pyrrole nitrogens is 2. The number of nitrogens with one attached hydrogen (secondary N) is 2. The molecule has 0 saturated carbocycles. The number of ether oxygens (including phenoxy) is 4. The van der Waals surface area contributed by atoms with E-state index in [4.69, 9.17) is 30.0 Å². The summed E-state index contributed by atoms with van der Waals surface area (Å²) in [6.07, 6.45) is -1.99. The van der Waals surface area contributed by atoms with Crippen molar-refractivity contribution in [2.24, 2.45) is 10.2 Å². The van der Waals surface area contributed by atoms with Crippen LogP contribution in [0.2, 0.25) is 0 Å². The van der Waals surface area contributed by atoms with Gasteiger partial charge in [0.2, 0.25) is 0 Å². The monoisotopic (exact) mass is 560 g/mol. The van der Waals surface area contributed by atoms with E-state index in [0.717, 1.165) is 9.13 Å². The number of aromatic amines is 2. The molecule has 2 aliphatic rings. The Morgan fingerprint density at radius 3 is 1.65 bits per heavy atom. The summed E-state index contributed by atoms with van der Waals surface area (Å²) < 4.78 is 24.0. The Labute approximate surface area is 222 Å². The van der Waals surface area contributed by atoms with Gasteiger partial charge in [0.05, 0.1) is 12.1 Å². The maximum atomic E-state index is 12.3. The normalized spacial score (nSPS) is 25.6. The van der Waals surface area contributed by atoms with Crippen LogP contribution in [0.3, 0.4) is 0 Å². The summed E-state index contributed by atoms with van der Waals surface area (Å²) >= 11 is 0. The van der Waals surface area contributed by atoms with E-state index in [1.807, 2.05) is 0 Å². The largest absolute Gasteiger partial charge is 0.508 e. The zero-order valence-electron chi connectivity index (χ0n) is 21.2. The first-order valence-electron chi connectivity index (χ1n) is 11.9. The van der Waals surface area contributed by atoms with Crippen molar-refractivity contribution in [3.63, 3.8) is 0 Å². The Kier molecular flexibility index (Phi) is 8.40. The molecular formula is C21H24N10O9. The van der Waals surface area contributed by atoms with Crippen molar-refractivity contribution in [3.8, 4) is 0 Å². The van der Waals surface area contributed by atoms with Crippen LogP contribution in [0.4, 0.5) is 4.79 Å². The molecule has 2 unspecified atom stereocenters. The van der Waals surface area contributed by atoms with Gasteiger partial charge in [0.15, 0.2) is 0 Å². The zero-order chi connectivity index (χ0) is 29.0. The average Bonchev–Trinajstić information content (AvgIpc) is 3.50. The fraction of sp³-hybridized carbons (Fsp3) is 0.571. The number of aromatic nitrogens is 4. The Balaban J connectivity index is 1.36. The number of azide groups is 2. The Morgan fingerprint density at radius 1 is 0.875 bits per heavy atom. The Bertz CT molecular complexity index is 1500. The van der Waals surface area contributed by atoms with Gasteiger partial charge in [-0.05, 0) is 24.9 Å². The van der Waals surface area contributed by atoms with Gasteiger partial charge in [0.25, 0.3) is 11.1 Å². The number of carbonyl (C=O) groups excluding carboxylic acids is 1. The maximum absolute atomic E-state index is 12.3. The third-order valence-corrected chi connectivity index (χ3v) is 6.45. The van der Waals surface area contributed by atoms with Crippen molar-refractivity contribution in [3.05, 3.63) is 86.1 Å². The van der Waals surface area contributed by atoms with Crippen LogP contribution in [0.1, 0.15) is 36.4 Å². The van der Waals surface area contributed by atoms with E-state index < -0.39 is 78.6 Å². The highest BCUT2D eigenvalue weighted by molar-refractivity contribution is 5.59. The number of hydrogen-bond donors (Lipinski definition) is 2. The van der Waals surface area contributed by atoms with E-state index in [1.54, 1.807) is 0 Å². The summed E-state index contributed by atoms with van der Waals surface area (Å²) in [5.41, 5.74) is 15.8. The molecular weight excluding hydrogens is 536 g/mol. The molecule has 2 aliphatic heterocycles. The van der Waals surface area contributed by atoms with Crippen molar-refractivity contribution < 1.29 is 23.7 Å². The Morgan fingerprint density at radius 2 is 1.27 bits per heavy atom. The van der Waals surface area contributed by atoms with E-state index in [9.17, 15) is 24.0 Å². The molecule has 0 amide bonds. The summed E-state index contributed by atoms with van der Waals surface area (Å²) in [6.45, 7) is 2.23. The molecule has 0 radical (unpaired) electrons. The lowest BCUT2D eigenvalue weighted by atomic mass is 10.1. The van der Waals surface area contributed by atoms with Gasteiger partial charge < -0.3 is 18.9 Å². The number of hydrogen-bond acceptors (Lipinski definition) is 11. The fourth-order valence-electron chi connectivity index (χ4n) is 4.39. The van der Waals surface area contributed by atoms with E-state index in [0.29, 0.717) is 0 Å². The number of aryl methyl sites for hydroxylation is 2. The minimum atomic E-state index is -1.13. The molecule has 2 fully saturated rings. The lowest BCUT2D eigenvalue weighted by molar-refractivity contribution is -0.0594. The molecule has 2 aromatic rings. The van der Waals surface area contributed by atoms with Gasteiger partial charge in [-0.3, -0.25) is 28.7 Å². The zero-order valence-corrected chi connectivity index (χ0v) is 21.2. The second kappa shape index (κ2) is 11.9. The third-order valence-electron chi connectivity index (χ3n) is 6.45. The fourth-order valence-corrected chi connectivity index (χ4v) is 4.39. The van der Waals surface area contributed by atoms with Gasteiger partial charge in [0, 0.05) is 46.2 Å². The second-order valence-corrected chi connectivity index (χ2v) is 9.10. The molecule has 0 aliphatic carbocycles. The smallest absolute Gasteiger partial charge is 0.432 e. The predicted octanol–water partition coefficient (Wildman–Crippen LogP) is 0.790. The highest BCUT2D eigenvalue weighted by atomic mass is 16.7. The molecule has 19 heteroatoms. The van der Waals surface area contributed by atoms with Gasteiger partial charge in [-0.2, -0.15) is 0 Å². The van der Waals surface area contributed by atoms with Gasteiger partial charge in [0.1, 0.15) is 37.9 Å². The summed E-state index contributed by atoms with van der Waals surface area (Å²) in [5.74, 6) is 0. The summed E-state index contributed by atoms with van der Waals surface area (Å²) in [4.78, 5) is 69.9. The highest BCUT2D eigenvalue weighted by Gasteiger charge is 2.39. The molecule has 2 saturated heterocycles. The standard InChI is InChI=1S/C21H24N10O9/c1-9-5-30(19(34)24-17(9)32)15-3-11(26-28-22)13(39-15)7-37-21(36)38-8-14-12(27-29-23)4-16(40-14)31-6-10(2)18(33)25-20(31)35/h5-6,11-16H,3-4,7-8H2,1-2H3,(H,24,32,34)(H,25,33,35)/t11?,12?,13-,14-,15-,16-/m1/s1. The van der Waals surface area contributed by atoms with E-state index in [-0.39, 0.29) is 24.0 Å². The Hall–Kier alpha value is -4.83. The molecule has 212 valence electrons. The first kappa shape index (κ1) is 28.2. The minimum Gasteiger partial charge on any atom is -0.432 e. The summed E-state index contributed by atoms with van der Waals surface area (Å²) in [5, 5.41) is 7.29. The van der Waals surface area contributed by atoms with Crippen molar-refractivity contribution in [2.45, 2.75) is 63.4 Å². The van der Waals surface area contributed by atoms with Crippen LogP contribution in [-0.4, -0.2) is 62.8 Å². The van der Waals surface area contributed by atoms with E-state index >= 15 is 0 Å². The minimum absolute atomic E-state index is 0.0767. The lowest BCUT2D eigenvalue weighted by Gasteiger charge is -2.18. The van der Waals surface area contributed by atoms with Gasteiger partial charge >= 0.3 is 17.5 Å². The topological polar surface area (TPSA) is 261 Å². The predicted molar refractivity (Wildman–Crippen MR) is 132 cm³/mol. The van der Waals surface area contributed by atoms with E-state index in [1.165, 1.54) is 26.2 Å². The molecule has 2 aromatic heterocycles. The first-order chi connectivity index (χ1) is 19.1. The van der Waals surface area contributed by atoms with Crippen molar-refractivity contribution >= 4 is 6.16 Å². The van der Waals surface area contributed by atoms with Crippen molar-refractivity contribution in [1.29, 1.82) is 0 Å².